The van der Waals surface area contributed by atoms with Crippen molar-refractivity contribution in [3.05, 3.63) is 33.0 Å². The largest absolute Gasteiger partial charge is 0.413 e. The Balaban J connectivity index is 0.000000597. The van der Waals surface area contributed by atoms with Gasteiger partial charge >= 0.3 is 5.13 Å². The van der Waals surface area contributed by atoms with Crippen LogP contribution in [0.25, 0.3) is 5.13 Å². The molecule has 146 valence electrons. The molecule has 0 atom stereocenters. The highest BCUT2D eigenvalue weighted by Crippen LogP contribution is 2.27. The Bertz CT molecular complexity index is 773. The van der Waals surface area contributed by atoms with Gasteiger partial charge in [-0.1, -0.05) is 41.5 Å². The first-order valence-corrected chi connectivity index (χ1v) is 10.2. The van der Waals surface area contributed by atoms with E-state index in [9.17, 15) is 0 Å². The molecule has 0 spiro atoms. The number of rotatable bonds is 1. The van der Waals surface area contributed by atoms with E-state index in [1.165, 1.54) is 28.3 Å². The standard InChI is InChI=1S/C16H23N3S2.ClHO4/c1-10-8-11(15(2,3)4)19(12(9-10)16(5,6)7)13-17-18-14(20)21-13;2-1(3,4)5/h8-9H,1-7H3;(H,2,3,4,5). The molecule has 0 aliphatic carbocycles. The summed E-state index contributed by atoms with van der Waals surface area (Å²) in [5, 5.41) is 8.23. The number of aromatic nitrogens is 3. The van der Waals surface area contributed by atoms with Gasteiger partial charge in [0, 0.05) is 10.8 Å². The maximum atomic E-state index is 8.49. The fourth-order valence-corrected chi connectivity index (χ4v) is 3.27. The average molecular weight is 422 g/mol. The quantitative estimate of drug-likeness (QED) is 0.494. The first kappa shape index (κ1) is 23.1. The molecule has 0 unspecified atom stereocenters. The topological polar surface area (TPSA) is 125 Å². The van der Waals surface area contributed by atoms with E-state index in [0.29, 0.717) is 3.95 Å². The first-order chi connectivity index (χ1) is 11.5. The molecule has 26 heavy (non-hydrogen) atoms. The van der Waals surface area contributed by atoms with Crippen LogP contribution in [0.15, 0.2) is 12.1 Å². The molecule has 0 radical (unpaired) electrons. The van der Waals surface area contributed by atoms with Gasteiger partial charge in [0.25, 0.3) is 0 Å². The number of hydrogen-bond donors (Lipinski definition) is 1. The lowest BCUT2D eigenvalue weighted by Gasteiger charge is -2.26. The van der Waals surface area contributed by atoms with Crippen LogP contribution >= 0.6 is 23.6 Å². The maximum Gasteiger partial charge on any atom is 0.413 e. The fraction of sp³-hybridized carbons (Fsp3) is 0.562. The number of hydrogen-bond acceptors (Lipinski definition) is 7. The fourth-order valence-electron chi connectivity index (χ4n) is 2.36. The number of H-pyrrole nitrogens is 1. The van der Waals surface area contributed by atoms with Crippen LogP contribution in [0.3, 0.4) is 0 Å². The molecule has 2 heterocycles. The third kappa shape index (κ3) is 6.99. The highest BCUT2D eigenvalue weighted by Gasteiger charge is 2.33. The van der Waals surface area contributed by atoms with Gasteiger partial charge in [0.15, 0.2) is 0 Å². The number of pyridine rings is 1. The van der Waals surface area contributed by atoms with Crippen molar-refractivity contribution in [2.45, 2.75) is 59.3 Å². The third-order valence-electron chi connectivity index (χ3n) is 3.37. The lowest BCUT2D eigenvalue weighted by molar-refractivity contribution is -2.00. The van der Waals surface area contributed by atoms with Crippen LogP contribution in [0.1, 0.15) is 58.5 Å². The summed E-state index contributed by atoms with van der Waals surface area (Å²) in [7, 11) is -4.94. The smallest absolute Gasteiger partial charge is 0.222 e. The molecule has 0 bridgehead atoms. The second-order valence-corrected chi connectivity index (χ2v) is 10.3. The predicted octanol–water partition coefficient (Wildman–Crippen LogP) is -0.375. The minimum Gasteiger partial charge on any atom is -0.222 e. The Kier molecular flexibility index (Phi) is 7.08. The normalized spacial score (nSPS) is 12.6. The molecular formula is C16H24ClN3O4S2. The highest BCUT2D eigenvalue weighted by atomic mass is 35.7. The van der Waals surface area contributed by atoms with Gasteiger partial charge in [-0.25, -0.2) is 18.6 Å². The molecule has 0 aromatic carbocycles. The minimum absolute atomic E-state index is 0.0271. The molecule has 2 rings (SSSR count). The zero-order valence-corrected chi connectivity index (χ0v) is 18.3. The lowest BCUT2D eigenvalue weighted by atomic mass is 9.86. The van der Waals surface area contributed by atoms with Gasteiger partial charge in [-0.2, -0.15) is 9.67 Å². The third-order valence-corrected chi connectivity index (χ3v) is 4.44. The number of aryl methyl sites for hydroxylation is 1. The van der Waals surface area contributed by atoms with E-state index in [-0.39, 0.29) is 10.8 Å². The van der Waals surface area contributed by atoms with Gasteiger partial charge in [-0.05, 0) is 48.2 Å². The van der Waals surface area contributed by atoms with Crippen molar-refractivity contribution in [3.63, 3.8) is 0 Å². The number of nitrogens with zero attached hydrogens (tertiary/aromatic N) is 2. The summed E-state index contributed by atoms with van der Waals surface area (Å²) in [6.45, 7) is 15.6. The van der Waals surface area contributed by atoms with Gasteiger partial charge in [-0.15, -0.1) is 10.2 Å². The van der Waals surface area contributed by atoms with Crippen LogP contribution < -0.4 is 23.2 Å². The van der Waals surface area contributed by atoms with Gasteiger partial charge in [0.2, 0.25) is 3.95 Å². The summed E-state index contributed by atoms with van der Waals surface area (Å²) in [6.07, 6.45) is 0. The Morgan fingerprint density at radius 1 is 1.00 bits per heavy atom. The van der Waals surface area contributed by atoms with E-state index in [1.54, 1.807) is 0 Å². The minimum atomic E-state index is -4.94. The van der Waals surface area contributed by atoms with Crippen molar-refractivity contribution in [1.82, 2.24) is 10.2 Å². The summed E-state index contributed by atoms with van der Waals surface area (Å²) >= 11 is 6.74. The van der Waals surface area contributed by atoms with E-state index < -0.39 is 10.2 Å². The van der Waals surface area contributed by atoms with Crippen molar-refractivity contribution in [1.29, 1.82) is 0 Å². The molecule has 0 fully saturated rings. The molecule has 10 heteroatoms. The van der Waals surface area contributed by atoms with Crippen LogP contribution in [-0.2, 0) is 10.8 Å². The van der Waals surface area contributed by atoms with Gasteiger partial charge < -0.3 is 0 Å². The molecule has 0 saturated carbocycles. The molecular weight excluding hydrogens is 398 g/mol. The monoisotopic (exact) mass is 421 g/mol. The van der Waals surface area contributed by atoms with Crippen molar-refractivity contribution in [2.24, 2.45) is 0 Å². The van der Waals surface area contributed by atoms with Crippen LogP contribution in [0.2, 0.25) is 0 Å². The van der Waals surface area contributed by atoms with Gasteiger partial charge in [0.1, 0.15) is 11.4 Å². The Morgan fingerprint density at radius 3 is 1.65 bits per heavy atom. The van der Waals surface area contributed by atoms with Crippen molar-refractivity contribution in [3.8, 4) is 5.13 Å². The van der Waals surface area contributed by atoms with Gasteiger partial charge in [0.05, 0.1) is 5.10 Å². The molecule has 0 saturated heterocycles. The maximum absolute atomic E-state index is 8.49. The SMILES string of the molecule is Cc1cc(C(C)(C)C)[n+](-c2n[nH]c(=S)s2)c(C(C)(C)C)c1.[O-][Cl+3]([O-])([O-])[O-]. The van der Waals surface area contributed by atoms with Gasteiger partial charge in [-0.3, -0.25) is 0 Å². The van der Waals surface area contributed by atoms with E-state index in [0.717, 1.165) is 5.13 Å². The second-order valence-electron chi connectivity index (χ2n) is 7.91. The first-order valence-electron chi connectivity index (χ1n) is 7.75. The zero-order chi connectivity index (χ0) is 20.5. The van der Waals surface area contributed by atoms with Crippen molar-refractivity contribution < 1.29 is 33.4 Å². The summed E-state index contributed by atoms with van der Waals surface area (Å²) in [4.78, 5) is 0. The molecule has 0 aliphatic rings. The lowest BCUT2D eigenvalue weighted by Crippen LogP contribution is -2.68. The van der Waals surface area contributed by atoms with Crippen LogP contribution in [-0.4, -0.2) is 10.2 Å². The molecule has 0 amide bonds. The van der Waals surface area contributed by atoms with Crippen molar-refractivity contribution in [2.75, 3.05) is 0 Å². The Hall–Kier alpha value is -0.940. The molecule has 2 aromatic heterocycles. The summed E-state index contributed by atoms with van der Waals surface area (Å²) in [5.74, 6) is 0. The Morgan fingerprint density at radius 2 is 1.38 bits per heavy atom. The summed E-state index contributed by atoms with van der Waals surface area (Å²) in [5.41, 5.74) is 3.84. The highest BCUT2D eigenvalue weighted by molar-refractivity contribution is 7.73. The zero-order valence-electron chi connectivity index (χ0n) is 15.9. The predicted molar refractivity (Wildman–Crippen MR) is 91.0 cm³/mol. The second kappa shape index (κ2) is 7.97. The van der Waals surface area contributed by atoms with Crippen LogP contribution in [0.5, 0.6) is 0 Å². The van der Waals surface area contributed by atoms with E-state index >= 15 is 0 Å². The van der Waals surface area contributed by atoms with Crippen LogP contribution in [0, 0.1) is 21.1 Å². The number of aromatic amines is 1. The molecule has 0 aliphatic heterocycles. The number of halogens is 1. The average Bonchev–Trinajstić information content (AvgIpc) is 2.80. The molecule has 7 nitrogen and oxygen atoms in total. The Labute approximate surface area is 164 Å². The summed E-state index contributed by atoms with van der Waals surface area (Å²) < 4.78 is 36.9. The van der Waals surface area contributed by atoms with E-state index in [2.05, 4.69) is 75.4 Å². The van der Waals surface area contributed by atoms with E-state index in [4.69, 9.17) is 30.9 Å². The summed E-state index contributed by atoms with van der Waals surface area (Å²) in [6, 6.07) is 4.50. The van der Waals surface area contributed by atoms with Crippen LogP contribution in [0.4, 0.5) is 0 Å². The van der Waals surface area contributed by atoms with Crippen molar-refractivity contribution >= 4 is 23.6 Å². The molecule has 2 aromatic rings. The number of nitrogens with one attached hydrogen (secondary N) is 1. The molecule has 1 N–H and O–H groups in total. The van der Waals surface area contributed by atoms with E-state index in [1.807, 2.05) is 0 Å².